The summed E-state index contributed by atoms with van der Waals surface area (Å²) >= 11 is 13.2. The number of thioether (sulfide) groups is 1. The third-order valence-electron chi connectivity index (χ3n) is 5.01. The Balaban J connectivity index is 1.40. The molecule has 0 saturated heterocycles. The number of carbonyl (C=O) groups excluding carboxylic acids is 2. The van der Waals surface area contributed by atoms with Crippen LogP contribution in [0.5, 0.6) is 0 Å². The lowest BCUT2D eigenvalue weighted by Gasteiger charge is -2.11. The van der Waals surface area contributed by atoms with Gasteiger partial charge in [-0.2, -0.15) is 0 Å². The molecule has 4 aromatic rings. The fraction of sp³-hybridized carbons (Fsp3) is 0.0385. The lowest BCUT2D eigenvalue weighted by atomic mass is 9.98. The molecule has 0 spiro atoms. The van der Waals surface area contributed by atoms with Crippen LogP contribution in [0.4, 0.5) is 11.4 Å². The Morgan fingerprint density at radius 1 is 0.771 bits per heavy atom. The molecule has 0 aliphatic rings. The number of carbonyl (C=O) groups is 3. The predicted molar refractivity (Wildman–Crippen MR) is 141 cm³/mol. The number of aromatic carboxylic acids is 1. The van der Waals surface area contributed by atoms with Gasteiger partial charge in [0.25, 0.3) is 5.91 Å². The van der Waals surface area contributed by atoms with Crippen LogP contribution < -0.4 is 10.6 Å². The number of carboxylic acids is 1. The number of rotatable bonds is 7. The van der Waals surface area contributed by atoms with E-state index in [2.05, 4.69) is 10.6 Å². The molecule has 35 heavy (non-hydrogen) atoms. The van der Waals surface area contributed by atoms with Crippen LogP contribution in [0.2, 0.25) is 10.0 Å². The summed E-state index contributed by atoms with van der Waals surface area (Å²) < 4.78 is 0. The maximum absolute atomic E-state index is 12.9. The summed E-state index contributed by atoms with van der Waals surface area (Å²) in [6.45, 7) is 0. The van der Waals surface area contributed by atoms with Crippen molar-refractivity contribution in [1.29, 1.82) is 0 Å². The molecule has 176 valence electrons. The Kier molecular flexibility index (Phi) is 7.60. The molecule has 0 aliphatic heterocycles. The summed E-state index contributed by atoms with van der Waals surface area (Å²) in [6.07, 6.45) is 0. The molecule has 0 heterocycles. The zero-order valence-corrected chi connectivity index (χ0v) is 20.4. The molecule has 0 aliphatic carbocycles. The second-order valence-electron chi connectivity index (χ2n) is 7.49. The van der Waals surface area contributed by atoms with Crippen LogP contribution in [0.15, 0.2) is 83.8 Å². The topological polar surface area (TPSA) is 95.5 Å². The number of hydrogen-bond donors (Lipinski definition) is 3. The third kappa shape index (κ3) is 6.14. The van der Waals surface area contributed by atoms with Gasteiger partial charge in [0.05, 0.1) is 11.3 Å². The summed E-state index contributed by atoms with van der Waals surface area (Å²) in [5.74, 6) is -1.55. The molecular formula is C26H18Cl2N2O4S. The highest BCUT2D eigenvalue weighted by molar-refractivity contribution is 8.00. The van der Waals surface area contributed by atoms with Crippen molar-refractivity contribution in [3.8, 4) is 0 Å². The molecule has 0 saturated carbocycles. The number of nitrogens with one attached hydrogen (secondary N) is 2. The molecule has 0 atom stereocenters. The maximum Gasteiger partial charge on any atom is 0.336 e. The number of carboxylic acid groups (broad SMARTS) is 1. The molecule has 0 fully saturated rings. The molecule has 0 aromatic heterocycles. The van der Waals surface area contributed by atoms with Gasteiger partial charge in [-0.05, 0) is 60.0 Å². The van der Waals surface area contributed by atoms with E-state index in [1.165, 1.54) is 17.8 Å². The monoisotopic (exact) mass is 524 g/mol. The van der Waals surface area contributed by atoms with E-state index in [-0.39, 0.29) is 22.8 Å². The largest absolute Gasteiger partial charge is 0.478 e. The SMILES string of the molecule is O=C(CSc1ccc(NC(=O)c2cccc3cccc(C(=O)O)c23)cc1)Nc1cc(Cl)cc(Cl)c1. The number of anilines is 2. The molecule has 0 radical (unpaired) electrons. The number of amides is 2. The molecule has 2 amide bonds. The minimum Gasteiger partial charge on any atom is -0.478 e. The van der Waals surface area contributed by atoms with Crippen LogP contribution in [0, 0.1) is 0 Å². The Labute approximate surface area is 215 Å². The van der Waals surface area contributed by atoms with Crippen molar-refractivity contribution in [2.45, 2.75) is 4.90 Å². The van der Waals surface area contributed by atoms with Crippen molar-refractivity contribution in [2.24, 2.45) is 0 Å². The van der Waals surface area contributed by atoms with Crippen LogP contribution in [-0.2, 0) is 4.79 Å². The molecule has 0 bridgehead atoms. The van der Waals surface area contributed by atoms with E-state index in [0.717, 1.165) is 4.90 Å². The van der Waals surface area contributed by atoms with Crippen molar-refractivity contribution in [3.05, 3.63) is 100 Å². The molecule has 4 rings (SSSR count). The first-order chi connectivity index (χ1) is 16.8. The summed E-state index contributed by atoms with van der Waals surface area (Å²) in [4.78, 5) is 37.7. The van der Waals surface area contributed by atoms with E-state index in [0.29, 0.717) is 32.2 Å². The van der Waals surface area contributed by atoms with Crippen molar-refractivity contribution in [3.63, 3.8) is 0 Å². The fourth-order valence-corrected chi connectivity index (χ4v) is 4.74. The average Bonchev–Trinajstić information content (AvgIpc) is 2.82. The van der Waals surface area contributed by atoms with Crippen LogP contribution in [0.1, 0.15) is 20.7 Å². The lowest BCUT2D eigenvalue weighted by molar-refractivity contribution is -0.113. The predicted octanol–water partition coefficient (Wildman–Crippen LogP) is 6.83. The average molecular weight is 525 g/mol. The Morgan fingerprint density at radius 3 is 2.03 bits per heavy atom. The van der Waals surface area contributed by atoms with E-state index >= 15 is 0 Å². The van der Waals surface area contributed by atoms with Crippen molar-refractivity contribution >= 4 is 74.9 Å². The van der Waals surface area contributed by atoms with Crippen molar-refractivity contribution in [2.75, 3.05) is 16.4 Å². The van der Waals surface area contributed by atoms with Crippen molar-refractivity contribution < 1.29 is 19.5 Å². The minimum absolute atomic E-state index is 0.0679. The number of benzene rings is 4. The first-order valence-corrected chi connectivity index (χ1v) is 12.1. The number of fused-ring (bicyclic) bond motifs is 1. The zero-order valence-electron chi connectivity index (χ0n) is 18.0. The van der Waals surface area contributed by atoms with Crippen LogP contribution in [0.3, 0.4) is 0 Å². The third-order valence-corrected chi connectivity index (χ3v) is 6.46. The van der Waals surface area contributed by atoms with Gasteiger partial charge in [-0.25, -0.2) is 4.79 Å². The highest BCUT2D eigenvalue weighted by Gasteiger charge is 2.16. The smallest absolute Gasteiger partial charge is 0.336 e. The normalized spacial score (nSPS) is 10.7. The van der Waals surface area contributed by atoms with E-state index in [9.17, 15) is 19.5 Å². The zero-order chi connectivity index (χ0) is 24.9. The van der Waals surface area contributed by atoms with Crippen LogP contribution in [0.25, 0.3) is 10.8 Å². The molecule has 0 unspecified atom stereocenters. The summed E-state index contributed by atoms with van der Waals surface area (Å²) in [6, 6.07) is 21.8. The van der Waals surface area contributed by atoms with Gasteiger partial charge in [-0.1, -0.05) is 47.5 Å². The summed E-state index contributed by atoms with van der Waals surface area (Å²) in [7, 11) is 0. The van der Waals surface area contributed by atoms with Gasteiger partial charge in [0.15, 0.2) is 0 Å². The van der Waals surface area contributed by atoms with E-state index < -0.39 is 11.9 Å². The highest BCUT2D eigenvalue weighted by atomic mass is 35.5. The van der Waals surface area contributed by atoms with Crippen LogP contribution >= 0.6 is 35.0 Å². The first-order valence-electron chi connectivity index (χ1n) is 10.4. The van der Waals surface area contributed by atoms with Gasteiger partial charge in [0, 0.05) is 37.3 Å². The van der Waals surface area contributed by atoms with E-state index in [1.807, 2.05) is 0 Å². The second-order valence-corrected chi connectivity index (χ2v) is 9.41. The molecule has 9 heteroatoms. The Bertz CT molecular complexity index is 1420. The van der Waals surface area contributed by atoms with Gasteiger partial charge in [-0.15, -0.1) is 11.8 Å². The van der Waals surface area contributed by atoms with Crippen LogP contribution in [-0.4, -0.2) is 28.6 Å². The van der Waals surface area contributed by atoms with Gasteiger partial charge < -0.3 is 15.7 Å². The maximum atomic E-state index is 12.9. The van der Waals surface area contributed by atoms with Crippen molar-refractivity contribution in [1.82, 2.24) is 0 Å². The molecule has 3 N–H and O–H groups in total. The fourth-order valence-electron chi connectivity index (χ4n) is 3.51. The highest BCUT2D eigenvalue weighted by Crippen LogP contribution is 2.26. The van der Waals surface area contributed by atoms with Gasteiger partial charge in [0.1, 0.15) is 0 Å². The summed E-state index contributed by atoms with van der Waals surface area (Å²) in [5.41, 5.74) is 1.41. The molecular weight excluding hydrogens is 507 g/mol. The Hall–Kier alpha value is -3.52. The van der Waals surface area contributed by atoms with E-state index in [4.69, 9.17) is 23.2 Å². The van der Waals surface area contributed by atoms with E-state index in [1.54, 1.807) is 72.8 Å². The minimum atomic E-state index is -1.10. The lowest BCUT2D eigenvalue weighted by Crippen LogP contribution is -2.14. The van der Waals surface area contributed by atoms with Gasteiger partial charge in [-0.3, -0.25) is 9.59 Å². The standard InChI is InChI=1S/C26H18Cl2N2O4S/c27-16-11-17(28)13-19(12-16)29-23(31)14-35-20-9-7-18(8-10-20)30-25(32)21-5-1-3-15-4-2-6-22(24(15)21)26(33)34/h1-13H,14H2,(H,29,31)(H,30,32)(H,33,34). The second kappa shape index (κ2) is 10.8. The molecule has 6 nitrogen and oxygen atoms in total. The Morgan fingerprint density at radius 2 is 1.40 bits per heavy atom. The van der Waals surface area contributed by atoms with Gasteiger partial charge >= 0.3 is 5.97 Å². The number of hydrogen-bond acceptors (Lipinski definition) is 4. The summed E-state index contributed by atoms with van der Waals surface area (Å²) in [5, 5.41) is 17.0. The quantitative estimate of drug-likeness (QED) is 0.230. The first kappa shape index (κ1) is 24.6. The number of halogens is 2. The molecule has 4 aromatic carbocycles. The van der Waals surface area contributed by atoms with Gasteiger partial charge in [0.2, 0.25) is 5.91 Å².